The lowest BCUT2D eigenvalue weighted by Gasteiger charge is -2.22. The van der Waals surface area contributed by atoms with Crippen LogP contribution in [0.25, 0.3) is 0 Å². The average molecular weight is 284 g/mol. The lowest BCUT2D eigenvalue weighted by Crippen LogP contribution is -2.25. The summed E-state index contributed by atoms with van der Waals surface area (Å²) in [5, 5.41) is 13.8. The highest BCUT2D eigenvalue weighted by atomic mass is 19.2. The van der Waals surface area contributed by atoms with Gasteiger partial charge in [-0.2, -0.15) is 0 Å². The van der Waals surface area contributed by atoms with Crippen molar-refractivity contribution in [2.75, 3.05) is 5.32 Å². The number of hydrogen-bond acceptors (Lipinski definition) is 3. The van der Waals surface area contributed by atoms with Crippen molar-refractivity contribution in [2.24, 2.45) is 11.8 Å². The zero-order chi connectivity index (χ0) is 14.9. The predicted octanol–water partition coefficient (Wildman–Crippen LogP) is 4.11. The summed E-state index contributed by atoms with van der Waals surface area (Å²) >= 11 is 0. The van der Waals surface area contributed by atoms with Crippen molar-refractivity contribution in [2.45, 2.75) is 39.2 Å². The Morgan fingerprint density at radius 1 is 1.40 bits per heavy atom. The summed E-state index contributed by atoms with van der Waals surface area (Å²) in [5.74, 6) is -1.45. The monoisotopic (exact) mass is 284 g/mol. The first kappa shape index (κ1) is 14.7. The van der Waals surface area contributed by atoms with Crippen LogP contribution in [0.15, 0.2) is 12.1 Å². The SMILES string of the molecule is CCC1CCC(Nc2c([N+](=O)[O-])ccc(F)c2F)C1C. The maximum Gasteiger partial charge on any atom is 0.295 e. The van der Waals surface area contributed by atoms with E-state index >= 15 is 0 Å². The molecule has 0 radical (unpaired) electrons. The second-order valence-electron chi connectivity index (χ2n) is 5.37. The highest BCUT2D eigenvalue weighted by Gasteiger charge is 2.34. The molecule has 1 aromatic rings. The Hall–Kier alpha value is -1.72. The van der Waals surface area contributed by atoms with Crippen LogP contribution in [0.1, 0.15) is 33.1 Å². The summed E-state index contributed by atoms with van der Waals surface area (Å²) in [4.78, 5) is 10.2. The molecule has 0 bridgehead atoms. The van der Waals surface area contributed by atoms with Gasteiger partial charge in [-0.15, -0.1) is 0 Å². The standard InChI is InChI=1S/C14H18F2N2O2/c1-3-9-4-6-11(8(9)2)17-14-12(18(19)20)7-5-10(15)13(14)16/h5,7-9,11,17H,3-4,6H2,1-2H3. The highest BCUT2D eigenvalue weighted by Crippen LogP contribution is 2.38. The van der Waals surface area contributed by atoms with Gasteiger partial charge in [-0.25, -0.2) is 8.78 Å². The summed E-state index contributed by atoms with van der Waals surface area (Å²) in [5.41, 5.74) is -0.750. The van der Waals surface area contributed by atoms with E-state index in [4.69, 9.17) is 0 Å². The molecule has 6 heteroatoms. The van der Waals surface area contributed by atoms with E-state index in [1.165, 1.54) is 0 Å². The van der Waals surface area contributed by atoms with Gasteiger partial charge in [0.05, 0.1) is 4.92 Å². The number of hydrogen-bond donors (Lipinski definition) is 1. The Morgan fingerprint density at radius 3 is 2.65 bits per heavy atom. The fourth-order valence-electron chi connectivity index (χ4n) is 3.04. The third-order valence-corrected chi connectivity index (χ3v) is 4.35. The van der Waals surface area contributed by atoms with E-state index in [0.29, 0.717) is 5.92 Å². The molecule has 0 saturated heterocycles. The van der Waals surface area contributed by atoms with Crippen LogP contribution in [0.5, 0.6) is 0 Å². The minimum atomic E-state index is -1.17. The molecule has 1 N–H and O–H groups in total. The van der Waals surface area contributed by atoms with Crippen molar-refractivity contribution in [3.05, 3.63) is 33.9 Å². The Bertz CT molecular complexity index is 522. The molecule has 0 aliphatic heterocycles. The van der Waals surface area contributed by atoms with E-state index in [0.717, 1.165) is 31.4 Å². The zero-order valence-corrected chi connectivity index (χ0v) is 11.5. The molecule has 0 spiro atoms. The number of nitrogens with one attached hydrogen (secondary N) is 1. The Morgan fingerprint density at radius 2 is 2.10 bits per heavy atom. The molecule has 110 valence electrons. The largest absolute Gasteiger partial charge is 0.374 e. The van der Waals surface area contributed by atoms with Crippen LogP contribution in [0.3, 0.4) is 0 Å². The lowest BCUT2D eigenvalue weighted by atomic mass is 9.93. The molecule has 4 nitrogen and oxygen atoms in total. The summed E-state index contributed by atoms with van der Waals surface area (Å²) in [6.45, 7) is 4.14. The van der Waals surface area contributed by atoms with Gasteiger partial charge in [0.25, 0.3) is 5.69 Å². The third-order valence-electron chi connectivity index (χ3n) is 4.35. The van der Waals surface area contributed by atoms with Crippen molar-refractivity contribution >= 4 is 11.4 Å². The Balaban J connectivity index is 2.29. The molecular weight excluding hydrogens is 266 g/mol. The number of nitro groups is 1. The lowest BCUT2D eigenvalue weighted by molar-refractivity contribution is -0.384. The fourth-order valence-corrected chi connectivity index (χ4v) is 3.04. The van der Waals surface area contributed by atoms with E-state index in [9.17, 15) is 18.9 Å². The van der Waals surface area contributed by atoms with Gasteiger partial charge in [0.2, 0.25) is 0 Å². The van der Waals surface area contributed by atoms with Crippen molar-refractivity contribution < 1.29 is 13.7 Å². The van der Waals surface area contributed by atoms with E-state index in [1.54, 1.807) is 0 Å². The first-order valence-electron chi connectivity index (χ1n) is 6.84. The van der Waals surface area contributed by atoms with Crippen molar-refractivity contribution in [3.63, 3.8) is 0 Å². The average Bonchev–Trinajstić information content (AvgIpc) is 2.75. The van der Waals surface area contributed by atoms with Gasteiger partial charge in [0.15, 0.2) is 17.3 Å². The van der Waals surface area contributed by atoms with Crippen LogP contribution in [0.4, 0.5) is 20.2 Å². The molecule has 1 aliphatic rings. The second-order valence-corrected chi connectivity index (χ2v) is 5.37. The quantitative estimate of drug-likeness (QED) is 0.668. The number of anilines is 1. The third kappa shape index (κ3) is 2.59. The van der Waals surface area contributed by atoms with Gasteiger partial charge in [0.1, 0.15) is 0 Å². The molecule has 2 rings (SSSR count). The van der Waals surface area contributed by atoms with Gasteiger partial charge < -0.3 is 5.32 Å². The number of halogens is 2. The van der Waals surface area contributed by atoms with Crippen molar-refractivity contribution in [3.8, 4) is 0 Å². The minimum Gasteiger partial charge on any atom is -0.374 e. The van der Waals surface area contributed by atoms with Crippen LogP contribution >= 0.6 is 0 Å². The van der Waals surface area contributed by atoms with Gasteiger partial charge in [-0.3, -0.25) is 10.1 Å². The maximum atomic E-state index is 13.8. The molecule has 20 heavy (non-hydrogen) atoms. The molecule has 1 aliphatic carbocycles. The van der Waals surface area contributed by atoms with Gasteiger partial charge in [-0.05, 0) is 30.7 Å². The first-order valence-corrected chi connectivity index (χ1v) is 6.84. The fraction of sp³-hybridized carbons (Fsp3) is 0.571. The van der Waals surface area contributed by atoms with Crippen molar-refractivity contribution in [1.82, 2.24) is 0 Å². The van der Waals surface area contributed by atoms with Crippen LogP contribution in [0, 0.1) is 33.6 Å². The number of rotatable bonds is 4. The highest BCUT2D eigenvalue weighted by molar-refractivity contribution is 5.63. The Labute approximate surface area is 116 Å². The second kappa shape index (κ2) is 5.73. The smallest absolute Gasteiger partial charge is 0.295 e. The van der Waals surface area contributed by atoms with Crippen LogP contribution in [-0.2, 0) is 0 Å². The number of nitro benzene ring substituents is 1. The minimum absolute atomic E-state index is 0.0602. The van der Waals surface area contributed by atoms with E-state index in [2.05, 4.69) is 12.2 Å². The normalized spacial score (nSPS) is 25.7. The Kier molecular flexibility index (Phi) is 4.20. The maximum absolute atomic E-state index is 13.8. The molecule has 3 atom stereocenters. The van der Waals surface area contributed by atoms with Crippen LogP contribution in [-0.4, -0.2) is 11.0 Å². The summed E-state index contributed by atoms with van der Waals surface area (Å²) in [7, 11) is 0. The molecule has 1 saturated carbocycles. The predicted molar refractivity (Wildman–Crippen MR) is 72.6 cm³/mol. The molecule has 0 heterocycles. The molecular formula is C14H18F2N2O2. The molecule has 3 unspecified atom stereocenters. The van der Waals surface area contributed by atoms with Crippen LogP contribution in [0.2, 0.25) is 0 Å². The molecule has 0 aromatic heterocycles. The molecule has 0 amide bonds. The van der Waals surface area contributed by atoms with Gasteiger partial charge in [0, 0.05) is 12.1 Å². The van der Waals surface area contributed by atoms with Crippen LogP contribution < -0.4 is 5.32 Å². The topological polar surface area (TPSA) is 55.2 Å². The molecule has 1 aromatic carbocycles. The summed E-state index contributed by atoms with van der Waals surface area (Å²) < 4.78 is 27.1. The van der Waals surface area contributed by atoms with E-state index in [1.807, 2.05) is 6.92 Å². The molecule has 1 fully saturated rings. The van der Waals surface area contributed by atoms with Gasteiger partial charge >= 0.3 is 0 Å². The number of nitrogens with zero attached hydrogens (tertiary/aromatic N) is 1. The van der Waals surface area contributed by atoms with E-state index in [-0.39, 0.29) is 17.6 Å². The van der Waals surface area contributed by atoms with E-state index < -0.39 is 22.2 Å². The van der Waals surface area contributed by atoms with Gasteiger partial charge in [-0.1, -0.05) is 20.3 Å². The summed E-state index contributed by atoms with van der Waals surface area (Å²) in [6.07, 6.45) is 2.83. The zero-order valence-electron chi connectivity index (χ0n) is 11.5. The number of benzene rings is 1. The summed E-state index contributed by atoms with van der Waals surface area (Å²) in [6, 6.07) is 1.72. The first-order chi connectivity index (χ1) is 9.45. The van der Waals surface area contributed by atoms with Crippen molar-refractivity contribution in [1.29, 1.82) is 0 Å².